The van der Waals surface area contributed by atoms with E-state index in [0.717, 1.165) is 0 Å². The van der Waals surface area contributed by atoms with Crippen LogP contribution < -0.4 is 19.7 Å². The summed E-state index contributed by atoms with van der Waals surface area (Å²) in [4.78, 5) is 28.6. The molecule has 3 rings (SSSR count). The summed E-state index contributed by atoms with van der Waals surface area (Å²) in [6.07, 6.45) is 0. The summed E-state index contributed by atoms with van der Waals surface area (Å²) in [5.41, 5.74) is 0.938. The number of nitrogens with one attached hydrogen (secondary N) is 1. The van der Waals surface area contributed by atoms with E-state index in [0.29, 0.717) is 62.1 Å². The van der Waals surface area contributed by atoms with Crippen molar-refractivity contribution in [2.24, 2.45) is 0 Å². The summed E-state index contributed by atoms with van der Waals surface area (Å²) in [5, 5.41) is 2.67. The van der Waals surface area contributed by atoms with Gasteiger partial charge in [0.15, 0.2) is 11.5 Å². The summed E-state index contributed by atoms with van der Waals surface area (Å²) in [6, 6.07) is 11.6. The number of amides is 2. The minimum absolute atomic E-state index is 0.101. The molecule has 2 aromatic rings. The quantitative estimate of drug-likeness (QED) is 0.699. The molecule has 0 atom stereocenters. The van der Waals surface area contributed by atoms with Gasteiger partial charge in [-0.1, -0.05) is 12.1 Å². The van der Waals surface area contributed by atoms with Crippen molar-refractivity contribution in [1.82, 2.24) is 10.2 Å². The van der Waals surface area contributed by atoms with Gasteiger partial charge in [0.05, 0.1) is 25.4 Å². The summed E-state index contributed by atoms with van der Waals surface area (Å²) >= 11 is 0. The van der Waals surface area contributed by atoms with Gasteiger partial charge in [-0.2, -0.15) is 0 Å². The number of carbonyl (C=O) groups excluding carboxylic acids is 2. The zero-order valence-electron chi connectivity index (χ0n) is 17.9. The lowest BCUT2D eigenvalue weighted by atomic mass is 10.2. The molecule has 1 N–H and O–H groups in total. The molecule has 31 heavy (non-hydrogen) atoms. The van der Waals surface area contributed by atoms with Gasteiger partial charge >= 0.3 is 0 Å². The first-order valence-corrected chi connectivity index (χ1v) is 10.5. The Morgan fingerprint density at radius 2 is 1.65 bits per heavy atom. The third kappa shape index (κ3) is 5.65. The number of anilines is 1. The zero-order chi connectivity index (χ0) is 22.2. The number of benzene rings is 2. The Kier molecular flexibility index (Phi) is 7.70. The third-order valence-electron chi connectivity index (χ3n) is 5.03. The average Bonchev–Trinajstić information content (AvgIpc) is 2.79. The second-order valence-electron chi connectivity index (χ2n) is 7.03. The minimum Gasteiger partial charge on any atom is -0.490 e. The van der Waals surface area contributed by atoms with Gasteiger partial charge in [0, 0.05) is 31.7 Å². The number of hydrogen-bond donors (Lipinski definition) is 1. The molecule has 1 heterocycles. The topological polar surface area (TPSA) is 71.1 Å². The highest BCUT2D eigenvalue weighted by Gasteiger charge is 2.23. The number of hydrogen-bond acceptors (Lipinski definition) is 5. The van der Waals surface area contributed by atoms with Gasteiger partial charge in [-0.3, -0.25) is 9.59 Å². The second-order valence-corrected chi connectivity index (χ2v) is 7.03. The van der Waals surface area contributed by atoms with Crippen molar-refractivity contribution in [2.75, 3.05) is 50.8 Å². The van der Waals surface area contributed by atoms with Crippen molar-refractivity contribution < 1.29 is 23.5 Å². The molecule has 0 aromatic heterocycles. The van der Waals surface area contributed by atoms with Crippen molar-refractivity contribution in [3.63, 3.8) is 0 Å². The fourth-order valence-corrected chi connectivity index (χ4v) is 3.47. The van der Waals surface area contributed by atoms with Crippen LogP contribution in [0.3, 0.4) is 0 Å². The normalized spacial score (nSPS) is 13.6. The number of halogens is 1. The van der Waals surface area contributed by atoms with Crippen LogP contribution in [0.4, 0.5) is 10.1 Å². The molecule has 0 spiro atoms. The van der Waals surface area contributed by atoms with E-state index in [-0.39, 0.29) is 24.2 Å². The van der Waals surface area contributed by atoms with Crippen LogP contribution in [0.2, 0.25) is 0 Å². The van der Waals surface area contributed by atoms with Crippen LogP contribution in [0, 0.1) is 5.82 Å². The van der Waals surface area contributed by atoms with Crippen LogP contribution in [-0.4, -0.2) is 62.7 Å². The molecule has 0 bridgehead atoms. The van der Waals surface area contributed by atoms with Crippen molar-refractivity contribution in [1.29, 1.82) is 0 Å². The largest absolute Gasteiger partial charge is 0.490 e. The van der Waals surface area contributed by atoms with E-state index < -0.39 is 0 Å². The maximum Gasteiger partial charge on any atom is 0.251 e. The van der Waals surface area contributed by atoms with E-state index in [1.807, 2.05) is 18.7 Å². The van der Waals surface area contributed by atoms with E-state index in [4.69, 9.17) is 9.47 Å². The highest BCUT2D eigenvalue weighted by Crippen LogP contribution is 2.28. The number of ether oxygens (including phenoxy) is 2. The van der Waals surface area contributed by atoms with Crippen molar-refractivity contribution in [3.8, 4) is 11.5 Å². The van der Waals surface area contributed by atoms with E-state index >= 15 is 0 Å². The van der Waals surface area contributed by atoms with E-state index in [2.05, 4.69) is 5.32 Å². The first-order valence-electron chi connectivity index (χ1n) is 10.5. The molecular formula is C23H28FN3O4. The van der Waals surface area contributed by atoms with E-state index in [9.17, 15) is 14.0 Å². The average molecular weight is 429 g/mol. The maximum atomic E-state index is 14.0. The van der Waals surface area contributed by atoms with Crippen LogP contribution in [0.15, 0.2) is 42.5 Å². The molecule has 1 fully saturated rings. The molecule has 0 unspecified atom stereocenters. The predicted octanol–water partition coefficient (Wildman–Crippen LogP) is 2.70. The summed E-state index contributed by atoms with van der Waals surface area (Å²) < 4.78 is 25.0. The third-order valence-corrected chi connectivity index (χ3v) is 5.03. The van der Waals surface area contributed by atoms with Crippen LogP contribution in [0.5, 0.6) is 11.5 Å². The number of nitrogens with zero attached hydrogens (tertiary/aromatic N) is 2. The monoisotopic (exact) mass is 429 g/mol. The molecule has 7 nitrogen and oxygen atoms in total. The number of rotatable bonds is 8. The van der Waals surface area contributed by atoms with Crippen molar-refractivity contribution >= 4 is 17.5 Å². The Morgan fingerprint density at radius 1 is 0.968 bits per heavy atom. The van der Waals surface area contributed by atoms with Crippen molar-refractivity contribution in [2.45, 2.75) is 13.8 Å². The molecule has 166 valence electrons. The van der Waals surface area contributed by atoms with Gasteiger partial charge in [0.2, 0.25) is 5.91 Å². The number of piperazine rings is 1. The van der Waals surface area contributed by atoms with Gasteiger partial charge in [0.1, 0.15) is 5.82 Å². The van der Waals surface area contributed by atoms with Crippen molar-refractivity contribution in [3.05, 3.63) is 53.8 Å². The first-order chi connectivity index (χ1) is 15.0. The fourth-order valence-electron chi connectivity index (χ4n) is 3.47. The number of para-hydroxylation sites is 1. The lowest BCUT2D eigenvalue weighted by Crippen LogP contribution is -2.51. The first kappa shape index (κ1) is 22.4. The Bertz CT molecular complexity index is 913. The number of carbonyl (C=O) groups is 2. The van der Waals surface area contributed by atoms with Crippen LogP contribution in [-0.2, 0) is 4.79 Å². The van der Waals surface area contributed by atoms with Crippen LogP contribution >= 0.6 is 0 Å². The Hall–Kier alpha value is -3.29. The van der Waals surface area contributed by atoms with Gasteiger partial charge in [-0.15, -0.1) is 0 Å². The van der Waals surface area contributed by atoms with Crippen LogP contribution in [0.1, 0.15) is 24.2 Å². The molecule has 1 saturated heterocycles. The SMILES string of the molecule is CCOc1ccc(C(=O)NCC(=O)N2CCN(c3ccccc3F)CC2)cc1OCC. The van der Waals surface area contributed by atoms with Gasteiger partial charge in [-0.25, -0.2) is 4.39 Å². The van der Waals surface area contributed by atoms with Gasteiger partial charge in [0.25, 0.3) is 5.91 Å². The lowest BCUT2D eigenvalue weighted by Gasteiger charge is -2.36. The smallest absolute Gasteiger partial charge is 0.251 e. The molecule has 1 aliphatic heterocycles. The maximum absolute atomic E-state index is 14.0. The Balaban J connectivity index is 1.52. The summed E-state index contributed by atoms with van der Waals surface area (Å²) in [6.45, 7) is 6.59. The van der Waals surface area contributed by atoms with E-state index in [1.165, 1.54) is 6.07 Å². The Labute approximate surface area is 181 Å². The molecule has 1 aliphatic rings. The van der Waals surface area contributed by atoms with Crippen LogP contribution in [0.25, 0.3) is 0 Å². The van der Waals surface area contributed by atoms with Gasteiger partial charge in [-0.05, 0) is 44.2 Å². The molecule has 0 radical (unpaired) electrons. The molecule has 8 heteroatoms. The summed E-state index contributed by atoms with van der Waals surface area (Å²) in [7, 11) is 0. The fraction of sp³-hybridized carbons (Fsp3) is 0.391. The molecular weight excluding hydrogens is 401 g/mol. The predicted molar refractivity (Wildman–Crippen MR) is 116 cm³/mol. The van der Waals surface area contributed by atoms with E-state index in [1.54, 1.807) is 41.3 Å². The van der Waals surface area contributed by atoms with Gasteiger partial charge < -0.3 is 24.6 Å². The second kappa shape index (κ2) is 10.7. The highest BCUT2D eigenvalue weighted by atomic mass is 19.1. The highest BCUT2D eigenvalue weighted by molar-refractivity contribution is 5.97. The standard InChI is InChI=1S/C23H28FN3O4/c1-3-30-20-10-9-17(15-21(20)31-4-2)23(29)25-16-22(28)27-13-11-26(12-14-27)19-8-6-5-7-18(19)24/h5-10,15H,3-4,11-14,16H2,1-2H3,(H,25,29). The molecule has 0 saturated carbocycles. The molecule has 0 aliphatic carbocycles. The molecule has 2 aromatic carbocycles. The molecule has 2 amide bonds. The summed E-state index contributed by atoms with van der Waals surface area (Å²) in [5.74, 6) is 0.272. The lowest BCUT2D eigenvalue weighted by molar-refractivity contribution is -0.130. The zero-order valence-corrected chi connectivity index (χ0v) is 17.9. The minimum atomic E-state index is -0.359. The Morgan fingerprint density at radius 3 is 2.32 bits per heavy atom.